The number of anilines is 1. The van der Waals surface area contributed by atoms with E-state index in [0.29, 0.717) is 23.2 Å². The van der Waals surface area contributed by atoms with Crippen LogP contribution in [0.5, 0.6) is 0 Å². The van der Waals surface area contributed by atoms with Crippen LogP contribution < -0.4 is 4.90 Å². The van der Waals surface area contributed by atoms with E-state index >= 15 is 0 Å². The van der Waals surface area contributed by atoms with E-state index in [2.05, 4.69) is 19.8 Å². The first-order valence-electron chi connectivity index (χ1n) is 8.21. The minimum Gasteiger partial charge on any atom is -0.341 e. The van der Waals surface area contributed by atoms with Gasteiger partial charge >= 0.3 is 0 Å². The Morgan fingerprint density at radius 3 is 2.54 bits per heavy atom. The van der Waals surface area contributed by atoms with Crippen LogP contribution in [0.2, 0.25) is 5.02 Å². The third kappa shape index (κ3) is 3.84. The third-order valence-corrected chi connectivity index (χ3v) is 4.99. The first-order valence-corrected chi connectivity index (χ1v) is 8.59. The van der Waals surface area contributed by atoms with Gasteiger partial charge < -0.3 is 4.90 Å². The van der Waals surface area contributed by atoms with Gasteiger partial charge in [-0.05, 0) is 37.5 Å². The highest BCUT2D eigenvalue weighted by Gasteiger charge is 2.24. The number of aryl methyl sites for hydroxylation is 1. The van der Waals surface area contributed by atoms with Crippen LogP contribution in [0, 0.1) is 12.7 Å². The molecule has 1 aromatic heterocycles. The van der Waals surface area contributed by atoms with E-state index in [1.165, 1.54) is 6.07 Å². The average Bonchev–Trinajstić information content (AvgIpc) is 2.59. The van der Waals surface area contributed by atoms with Gasteiger partial charge in [-0.1, -0.05) is 17.7 Å². The number of aromatic nitrogens is 2. The van der Waals surface area contributed by atoms with Crippen molar-refractivity contribution in [3.05, 3.63) is 52.6 Å². The monoisotopic (exact) mass is 348 g/mol. The van der Waals surface area contributed by atoms with E-state index in [4.69, 9.17) is 11.6 Å². The molecule has 0 amide bonds. The van der Waals surface area contributed by atoms with Crippen molar-refractivity contribution in [1.82, 2.24) is 14.9 Å². The van der Waals surface area contributed by atoms with Crippen molar-refractivity contribution >= 4 is 17.5 Å². The first kappa shape index (κ1) is 17.1. The molecule has 1 aliphatic rings. The van der Waals surface area contributed by atoms with E-state index in [1.807, 2.05) is 26.4 Å². The lowest BCUT2D eigenvalue weighted by Gasteiger charge is -2.36. The highest BCUT2D eigenvalue weighted by molar-refractivity contribution is 6.31. The van der Waals surface area contributed by atoms with Crippen molar-refractivity contribution in [2.75, 3.05) is 25.0 Å². The normalized spacial score (nSPS) is 16.3. The molecule has 1 aromatic carbocycles. The maximum absolute atomic E-state index is 13.9. The van der Waals surface area contributed by atoms with Crippen molar-refractivity contribution in [1.29, 1.82) is 0 Å². The second-order valence-corrected chi connectivity index (χ2v) is 6.79. The molecule has 128 valence electrons. The lowest BCUT2D eigenvalue weighted by Crippen LogP contribution is -2.43. The number of likely N-dealkylation sites (tertiary alicyclic amines) is 1. The predicted molar refractivity (Wildman–Crippen MR) is 94.9 cm³/mol. The van der Waals surface area contributed by atoms with E-state index in [0.717, 1.165) is 37.4 Å². The van der Waals surface area contributed by atoms with Gasteiger partial charge in [0.15, 0.2) is 0 Å². The molecule has 0 bridgehead atoms. The molecule has 0 spiro atoms. The van der Waals surface area contributed by atoms with Crippen molar-refractivity contribution in [3.63, 3.8) is 0 Å². The molecule has 0 aliphatic carbocycles. The van der Waals surface area contributed by atoms with Gasteiger partial charge in [-0.2, -0.15) is 0 Å². The second-order valence-electron chi connectivity index (χ2n) is 6.38. The van der Waals surface area contributed by atoms with Gasteiger partial charge in [0.05, 0.1) is 0 Å². The van der Waals surface area contributed by atoms with Crippen LogP contribution in [0.1, 0.15) is 24.0 Å². The van der Waals surface area contributed by atoms with Crippen molar-refractivity contribution in [3.8, 4) is 0 Å². The fourth-order valence-electron chi connectivity index (χ4n) is 3.10. The zero-order valence-corrected chi connectivity index (χ0v) is 14.8. The molecule has 0 saturated carbocycles. The Morgan fingerprint density at radius 2 is 1.92 bits per heavy atom. The molecule has 0 radical (unpaired) electrons. The number of halogens is 2. The second kappa shape index (κ2) is 7.45. The van der Waals surface area contributed by atoms with Crippen LogP contribution >= 0.6 is 11.6 Å². The van der Waals surface area contributed by atoms with Gasteiger partial charge in [0.25, 0.3) is 0 Å². The summed E-state index contributed by atoms with van der Waals surface area (Å²) < 4.78 is 13.9. The van der Waals surface area contributed by atoms with Crippen molar-refractivity contribution in [2.24, 2.45) is 0 Å². The Bertz CT molecular complexity index is 664. The number of hydrogen-bond donors (Lipinski definition) is 0. The summed E-state index contributed by atoms with van der Waals surface area (Å²) in [5.41, 5.74) is 1.65. The molecule has 0 unspecified atom stereocenters. The highest BCUT2D eigenvalue weighted by Crippen LogP contribution is 2.24. The summed E-state index contributed by atoms with van der Waals surface area (Å²) in [5.74, 6) is 0.533. The molecule has 1 saturated heterocycles. The standard InChI is InChI=1S/C18H22ClFN4/c1-13-10-21-18(22-11-13)23(2)14-6-8-24(9-7-14)12-15-16(19)4-3-5-17(15)20/h3-5,10-11,14H,6-9,12H2,1-2H3. The quantitative estimate of drug-likeness (QED) is 0.843. The van der Waals surface area contributed by atoms with Crippen LogP contribution in [0.25, 0.3) is 0 Å². The topological polar surface area (TPSA) is 32.3 Å². The number of rotatable bonds is 4. The van der Waals surface area contributed by atoms with Gasteiger partial charge in [-0.3, -0.25) is 4.90 Å². The zero-order valence-electron chi connectivity index (χ0n) is 14.0. The Balaban J connectivity index is 1.58. The van der Waals surface area contributed by atoms with Gasteiger partial charge in [0.2, 0.25) is 5.95 Å². The smallest absolute Gasteiger partial charge is 0.225 e. The Labute approximate surface area is 147 Å². The molecular weight excluding hydrogens is 327 g/mol. The van der Waals surface area contributed by atoms with E-state index in [1.54, 1.807) is 12.1 Å². The maximum atomic E-state index is 13.9. The fraction of sp³-hybridized carbons (Fsp3) is 0.444. The van der Waals surface area contributed by atoms with Crippen LogP contribution in [-0.4, -0.2) is 41.0 Å². The van der Waals surface area contributed by atoms with Crippen LogP contribution in [0.15, 0.2) is 30.6 Å². The number of piperidine rings is 1. The minimum atomic E-state index is -0.227. The summed E-state index contributed by atoms with van der Waals surface area (Å²) >= 11 is 6.13. The third-order valence-electron chi connectivity index (χ3n) is 4.63. The number of hydrogen-bond acceptors (Lipinski definition) is 4. The van der Waals surface area contributed by atoms with Gasteiger partial charge in [-0.25, -0.2) is 14.4 Å². The van der Waals surface area contributed by atoms with Crippen molar-refractivity contribution in [2.45, 2.75) is 32.4 Å². The number of nitrogens with zero attached hydrogens (tertiary/aromatic N) is 4. The van der Waals surface area contributed by atoms with Crippen LogP contribution in [0.4, 0.5) is 10.3 Å². The largest absolute Gasteiger partial charge is 0.341 e. The van der Waals surface area contributed by atoms with Gasteiger partial charge in [0.1, 0.15) is 5.82 Å². The van der Waals surface area contributed by atoms with Crippen LogP contribution in [-0.2, 0) is 6.54 Å². The Kier molecular flexibility index (Phi) is 5.31. The highest BCUT2D eigenvalue weighted by atomic mass is 35.5. The fourth-order valence-corrected chi connectivity index (χ4v) is 3.33. The molecule has 2 aromatic rings. The lowest BCUT2D eigenvalue weighted by molar-refractivity contribution is 0.200. The number of benzene rings is 1. The summed E-state index contributed by atoms with van der Waals surface area (Å²) in [7, 11) is 2.04. The molecule has 4 nitrogen and oxygen atoms in total. The van der Waals surface area contributed by atoms with E-state index < -0.39 is 0 Å². The lowest BCUT2D eigenvalue weighted by atomic mass is 10.0. The first-order chi connectivity index (χ1) is 11.5. The SMILES string of the molecule is Cc1cnc(N(C)C2CCN(Cc3c(F)cccc3Cl)CC2)nc1. The molecule has 0 atom stereocenters. The molecule has 1 aliphatic heterocycles. The molecule has 6 heteroatoms. The summed E-state index contributed by atoms with van der Waals surface area (Å²) in [6.45, 7) is 4.36. The average molecular weight is 349 g/mol. The van der Waals surface area contributed by atoms with Gasteiger partial charge in [-0.15, -0.1) is 0 Å². The summed E-state index contributed by atoms with van der Waals surface area (Å²) in [5, 5.41) is 0.502. The van der Waals surface area contributed by atoms with E-state index in [-0.39, 0.29) is 5.82 Å². The van der Waals surface area contributed by atoms with Gasteiger partial charge in [0, 0.05) is 55.7 Å². The Hall–Kier alpha value is -1.72. The molecule has 3 rings (SSSR count). The predicted octanol–water partition coefficient (Wildman–Crippen LogP) is 3.68. The molecule has 2 heterocycles. The van der Waals surface area contributed by atoms with Crippen molar-refractivity contribution < 1.29 is 4.39 Å². The summed E-state index contributed by atoms with van der Waals surface area (Å²) in [4.78, 5) is 13.2. The maximum Gasteiger partial charge on any atom is 0.225 e. The Morgan fingerprint density at radius 1 is 1.25 bits per heavy atom. The summed E-state index contributed by atoms with van der Waals surface area (Å²) in [6, 6.07) is 5.26. The molecule has 1 fully saturated rings. The van der Waals surface area contributed by atoms with Crippen LogP contribution in [0.3, 0.4) is 0 Å². The molecule has 24 heavy (non-hydrogen) atoms. The molecule has 0 N–H and O–H groups in total. The zero-order chi connectivity index (χ0) is 17.1. The van der Waals surface area contributed by atoms with E-state index in [9.17, 15) is 4.39 Å². The minimum absolute atomic E-state index is 0.227. The summed E-state index contributed by atoms with van der Waals surface area (Å²) in [6.07, 6.45) is 5.68. The molecular formula is C18H22ClFN4.